The van der Waals surface area contributed by atoms with Gasteiger partial charge in [0, 0.05) is 24.6 Å². The van der Waals surface area contributed by atoms with Crippen LogP contribution in [0.25, 0.3) is 0 Å². The molecule has 0 bridgehead atoms. The summed E-state index contributed by atoms with van der Waals surface area (Å²) >= 11 is -0.211. The minimum Gasteiger partial charge on any atom is 0 e. The predicted molar refractivity (Wildman–Crippen MR) is 340 cm³/mol. The molecule has 0 N–H and O–H groups in total. The van der Waals surface area contributed by atoms with Crippen LogP contribution in [0.15, 0.2) is 278 Å². The molecule has 10 rings (SSSR count). The van der Waals surface area contributed by atoms with E-state index in [2.05, 4.69) is 308 Å². The van der Waals surface area contributed by atoms with E-state index >= 15 is 0 Å². The molecule has 0 amide bonds. The third kappa shape index (κ3) is 17.4. The zero-order valence-electron chi connectivity index (χ0n) is 43.7. The van der Waals surface area contributed by atoms with Gasteiger partial charge >= 0.3 is 70.0 Å². The largest absolute Gasteiger partial charge is 0 e. The quantitative estimate of drug-likeness (QED) is 0.0768. The van der Waals surface area contributed by atoms with Crippen LogP contribution >= 0.6 is 68.7 Å². The molecule has 0 spiro atoms. The van der Waals surface area contributed by atoms with Gasteiger partial charge in [-0.15, -0.1) is 4.94 Å². The minimum atomic E-state index is -1.19. The average molecular weight is 1390 g/mol. The van der Waals surface area contributed by atoms with Crippen molar-refractivity contribution in [1.82, 2.24) is 0 Å². The summed E-state index contributed by atoms with van der Waals surface area (Å²) in [6.07, 6.45) is 5.06. The first-order chi connectivity index (χ1) is 36.9. The molecule has 9 aromatic rings. The zero-order valence-corrected chi connectivity index (χ0v) is 54.7. The maximum atomic E-state index is 4.81. The van der Waals surface area contributed by atoms with Crippen LogP contribution in [0.5, 0.6) is 0 Å². The van der Waals surface area contributed by atoms with E-state index in [1.807, 2.05) is 0 Å². The Morgan fingerprint density at radius 3 is 0.870 bits per heavy atom. The number of allylic oxidation sites excluding steroid dienone is 4. The van der Waals surface area contributed by atoms with Gasteiger partial charge in [0.1, 0.15) is 39.7 Å². The zero-order chi connectivity index (χ0) is 53.9. The Morgan fingerprint density at radius 2 is 0.623 bits per heavy atom. The monoisotopic (exact) mass is 1390 g/mol. The van der Waals surface area contributed by atoms with E-state index in [9.17, 15) is 0 Å². The van der Waals surface area contributed by atoms with Crippen LogP contribution < -0.4 is 42.4 Å². The number of halogens is 4. The molecule has 11 heteroatoms. The Hall–Kier alpha value is -3.21. The van der Waals surface area contributed by atoms with Crippen molar-refractivity contribution in [2.75, 3.05) is 0 Å². The molecule has 0 fully saturated rings. The van der Waals surface area contributed by atoms with Gasteiger partial charge in [-0.1, -0.05) is 193 Å². The molecule has 0 unspecified atom stereocenters. The van der Waals surface area contributed by atoms with E-state index in [1.54, 1.807) is 0 Å². The summed E-state index contributed by atoms with van der Waals surface area (Å²) in [7, 11) is 16.0. The van der Waals surface area contributed by atoms with E-state index in [0.717, 1.165) is 0 Å². The molecule has 0 aliphatic heterocycles. The Morgan fingerprint density at radius 1 is 0.377 bits per heavy atom. The molecule has 0 aromatic heterocycles. The first-order valence-electron chi connectivity index (χ1n) is 24.8. The summed E-state index contributed by atoms with van der Waals surface area (Å²) in [5.41, 5.74) is 3.01. The van der Waals surface area contributed by atoms with Crippen molar-refractivity contribution in [2.24, 2.45) is 5.41 Å². The van der Waals surface area contributed by atoms with Crippen molar-refractivity contribution in [1.29, 1.82) is 0 Å². The summed E-state index contributed by atoms with van der Waals surface area (Å²) < 4.78 is 0. The van der Waals surface area contributed by atoms with Gasteiger partial charge in [0.25, 0.3) is 0 Å². The molecule has 0 heterocycles. The van der Waals surface area contributed by atoms with Gasteiger partial charge in [0.15, 0.2) is 28.8 Å². The van der Waals surface area contributed by atoms with Crippen LogP contribution in [0.4, 0.5) is 0 Å². The van der Waals surface area contributed by atoms with E-state index < -0.39 is 30.6 Å². The number of benzene rings is 8. The summed E-state index contributed by atoms with van der Waals surface area (Å²) in [5.74, 6) is 0. The second kappa shape index (κ2) is 31.7. The molecule has 0 nitrogen and oxygen atoms in total. The fourth-order valence-electron chi connectivity index (χ4n) is 9.02. The van der Waals surface area contributed by atoms with Crippen molar-refractivity contribution >= 4 is 116 Å². The number of hydrogen-bond donors (Lipinski definition) is 0. The van der Waals surface area contributed by atoms with Gasteiger partial charge < -0.3 is 17.7 Å². The summed E-state index contributed by atoms with van der Waals surface area (Å²) in [6.45, 7) is 14.0. The molecule has 0 atom stereocenters. The van der Waals surface area contributed by atoms with Crippen molar-refractivity contribution in [3.05, 3.63) is 293 Å². The van der Waals surface area contributed by atoms with Crippen LogP contribution in [0.3, 0.4) is 0 Å². The average Bonchev–Trinajstić information content (AvgIpc) is 4.13. The molecule has 9 aromatic carbocycles. The van der Waals surface area contributed by atoms with Crippen molar-refractivity contribution < 1.29 is 48.9 Å². The van der Waals surface area contributed by atoms with Gasteiger partial charge in [-0.3, -0.25) is 0 Å². The molecule has 1 aliphatic carbocycles. The van der Waals surface area contributed by atoms with Gasteiger partial charge in [0.05, 0.1) is 7.55 Å². The van der Waals surface area contributed by atoms with E-state index in [4.69, 9.17) is 38.1 Å². The third-order valence-corrected chi connectivity index (χ3v) is 23.3. The molecular weight excluding hydrogens is 1330 g/mol. The maximum Gasteiger partial charge on any atom is 0 e. The summed E-state index contributed by atoms with van der Waals surface area (Å²) in [5, 5.41) is 14.3. The Balaban J connectivity index is 0.000000224. The van der Waals surface area contributed by atoms with Gasteiger partial charge in [-0.25, -0.2) is 0 Å². The van der Waals surface area contributed by atoms with E-state index in [1.165, 1.54) is 74.1 Å². The maximum absolute atomic E-state index is 4.81. The Kier molecular flexibility index (Phi) is 25.9. The van der Waals surface area contributed by atoms with Crippen molar-refractivity contribution in [3.8, 4) is 0 Å². The third-order valence-electron chi connectivity index (χ3n) is 12.7. The molecular formula is C66H63Cl4FeP4Pd2+. The van der Waals surface area contributed by atoms with Crippen molar-refractivity contribution in [3.63, 3.8) is 0 Å². The first kappa shape index (κ1) is 63.0. The fourth-order valence-corrected chi connectivity index (χ4v) is 20.0. The molecule has 0 saturated heterocycles. The van der Waals surface area contributed by atoms with Gasteiger partial charge in [-0.2, -0.15) is 4.94 Å². The van der Waals surface area contributed by atoms with Crippen LogP contribution in [0.1, 0.15) is 47.1 Å². The Labute approximate surface area is 505 Å². The van der Waals surface area contributed by atoms with Crippen LogP contribution in [0.2, 0.25) is 0 Å². The first-order valence-corrected chi connectivity index (χ1v) is 38.4. The topological polar surface area (TPSA) is 0 Å². The fraction of sp³-hybridized carbons (Fsp3) is 0.121. The smallest absolute Gasteiger partial charge is 0 e. The van der Waals surface area contributed by atoms with E-state index in [-0.39, 0.29) is 59.8 Å². The Bertz CT molecular complexity index is 3170. The second-order valence-electron chi connectivity index (χ2n) is 19.8. The number of hydrogen-bond acceptors (Lipinski definition) is 0. The van der Waals surface area contributed by atoms with Crippen LogP contribution in [0, 0.1) is 15.3 Å². The van der Waals surface area contributed by atoms with E-state index in [0.29, 0.717) is 0 Å². The molecule has 0 saturated carbocycles. The number of rotatable bonds is 9. The van der Waals surface area contributed by atoms with Crippen molar-refractivity contribution in [2.45, 2.75) is 47.0 Å². The summed E-state index contributed by atoms with van der Waals surface area (Å²) in [6, 6.07) is 93.9. The summed E-state index contributed by atoms with van der Waals surface area (Å²) in [4.78, 5) is 2.97. The van der Waals surface area contributed by atoms with Crippen LogP contribution in [-0.4, -0.2) is 5.29 Å². The molecule has 0 radical (unpaired) electrons. The van der Waals surface area contributed by atoms with Gasteiger partial charge in [-0.05, 0) is 120 Å². The predicted octanol–water partition coefficient (Wildman–Crippen LogP) is 17.2. The second-order valence-corrected chi connectivity index (χ2v) is 33.5. The van der Waals surface area contributed by atoms with Crippen LogP contribution in [-0.2, 0) is 54.4 Å². The minimum absolute atomic E-state index is 0. The standard InChI is InChI=1S/2C33H31P2.4ClH.Fe.2Pd/c2*1-33(2,3)26-24-31(34(27-16-8-4-9-17-27)28-18-10-5-11-19-28)32(25-26)35(29-20-12-6-13-21-29)30-22-14-7-15-23-30;;;;;;;/h2*4-25H,1-3H3;4*1H;;;/q-1;+1;;;;;;2*+2/p-3. The molecule has 1 aliphatic rings. The molecule has 77 heavy (non-hydrogen) atoms. The SMILES string of the molecule is CC(C)(C)C1=CC(=[P+](c2ccccc2)c2ccccc2)C([PH+](c2ccccc2)c2ccccc2)=C1.CC(C)(C)[c-]1[cH-]c(=[P+](c2ccccc2)c2ccccc2)c(=[P+](c2ccccc2)c2ccccc2)[cH-]1.[Cl][Pd][Cl].[Cl][Pd][Cl].[Fe]. The normalized spacial score (nSPS) is 11.9. The van der Waals surface area contributed by atoms with Gasteiger partial charge in [0.2, 0.25) is 0 Å². The molecule has 402 valence electrons.